The van der Waals surface area contributed by atoms with Crippen LogP contribution in [-0.4, -0.2) is 37.7 Å². The van der Waals surface area contributed by atoms with E-state index >= 15 is 0 Å². The number of hydrogen-bond donors (Lipinski definition) is 2. The largest absolute Gasteiger partial charge is 0.473 e. The second-order valence-corrected chi connectivity index (χ2v) is 6.92. The van der Waals surface area contributed by atoms with Crippen molar-refractivity contribution in [2.24, 2.45) is 10.9 Å². The summed E-state index contributed by atoms with van der Waals surface area (Å²) in [6, 6.07) is 14.0. The van der Waals surface area contributed by atoms with Gasteiger partial charge in [0.2, 0.25) is 5.88 Å². The minimum Gasteiger partial charge on any atom is -0.473 e. The van der Waals surface area contributed by atoms with Crippen LogP contribution in [0.1, 0.15) is 31.4 Å². The van der Waals surface area contributed by atoms with E-state index in [1.54, 1.807) is 13.2 Å². The van der Waals surface area contributed by atoms with E-state index in [4.69, 9.17) is 9.47 Å². The predicted molar refractivity (Wildman–Crippen MR) is 129 cm³/mol. The smallest absolute Gasteiger partial charge is 0.213 e. The van der Waals surface area contributed by atoms with Gasteiger partial charge < -0.3 is 20.1 Å². The SMILES string of the molecule is CN=C(NCCOCCC(C)C)NCc1ccnc(OCc2ccccc2)c1.I. The van der Waals surface area contributed by atoms with Gasteiger partial charge in [-0.1, -0.05) is 44.2 Å². The molecule has 0 aliphatic carbocycles. The zero-order valence-electron chi connectivity index (χ0n) is 17.6. The van der Waals surface area contributed by atoms with Crippen LogP contribution in [0.5, 0.6) is 5.88 Å². The summed E-state index contributed by atoms with van der Waals surface area (Å²) in [6.45, 7) is 7.73. The highest BCUT2D eigenvalue weighted by atomic mass is 127. The van der Waals surface area contributed by atoms with Gasteiger partial charge in [-0.05, 0) is 29.5 Å². The maximum absolute atomic E-state index is 5.78. The maximum Gasteiger partial charge on any atom is 0.213 e. The molecule has 29 heavy (non-hydrogen) atoms. The number of halogens is 1. The van der Waals surface area contributed by atoms with E-state index in [-0.39, 0.29) is 24.0 Å². The van der Waals surface area contributed by atoms with E-state index in [1.165, 1.54) is 0 Å². The van der Waals surface area contributed by atoms with Gasteiger partial charge in [-0.15, -0.1) is 24.0 Å². The molecular weight excluding hydrogens is 479 g/mol. The molecule has 2 aromatic rings. The third-order valence-electron chi connectivity index (χ3n) is 4.09. The predicted octanol–water partition coefficient (Wildman–Crippen LogP) is 4.01. The van der Waals surface area contributed by atoms with E-state index in [2.05, 4.69) is 34.5 Å². The van der Waals surface area contributed by atoms with Crippen LogP contribution in [0.4, 0.5) is 0 Å². The summed E-state index contributed by atoms with van der Waals surface area (Å²) < 4.78 is 11.4. The number of nitrogens with one attached hydrogen (secondary N) is 2. The quantitative estimate of drug-likeness (QED) is 0.206. The number of benzene rings is 1. The summed E-state index contributed by atoms with van der Waals surface area (Å²) in [5.41, 5.74) is 2.20. The lowest BCUT2D eigenvalue weighted by atomic mass is 10.1. The van der Waals surface area contributed by atoms with Crippen molar-refractivity contribution >= 4 is 29.9 Å². The van der Waals surface area contributed by atoms with Crippen LogP contribution in [0, 0.1) is 5.92 Å². The summed E-state index contributed by atoms with van der Waals surface area (Å²) >= 11 is 0. The zero-order valence-corrected chi connectivity index (χ0v) is 19.9. The molecule has 0 atom stereocenters. The number of pyridine rings is 1. The molecule has 0 fully saturated rings. The first-order valence-corrected chi connectivity index (χ1v) is 9.81. The number of ether oxygens (including phenoxy) is 2. The van der Waals surface area contributed by atoms with Gasteiger partial charge in [0.1, 0.15) is 6.61 Å². The van der Waals surface area contributed by atoms with Crippen molar-refractivity contribution in [3.05, 3.63) is 59.8 Å². The Morgan fingerprint density at radius 1 is 1.07 bits per heavy atom. The molecule has 0 aliphatic rings. The van der Waals surface area contributed by atoms with Crippen LogP contribution in [0.3, 0.4) is 0 Å². The fourth-order valence-electron chi connectivity index (χ4n) is 2.44. The van der Waals surface area contributed by atoms with E-state index in [1.807, 2.05) is 42.5 Å². The van der Waals surface area contributed by atoms with Gasteiger partial charge in [0.05, 0.1) is 6.61 Å². The molecular formula is C22H33IN4O2. The Kier molecular flexibility index (Phi) is 13.0. The van der Waals surface area contributed by atoms with Crippen molar-refractivity contribution in [1.29, 1.82) is 0 Å². The van der Waals surface area contributed by atoms with Crippen LogP contribution in [-0.2, 0) is 17.9 Å². The van der Waals surface area contributed by atoms with Crippen LogP contribution in [0.25, 0.3) is 0 Å². The van der Waals surface area contributed by atoms with Gasteiger partial charge in [-0.2, -0.15) is 0 Å². The Balaban J connectivity index is 0.00000420. The van der Waals surface area contributed by atoms with Gasteiger partial charge >= 0.3 is 0 Å². The molecule has 2 rings (SSSR count). The highest BCUT2D eigenvalue weighted by Crippen LogP contribution is 2.11. The first-order valence-electron chi connectivity index (χ1n) is 9.81. The molecule has 2 N–H and O–H groups in total. The van der Waals surface area contributed by atoms with Crippen LogP contribution < -0.4 is 15.4 Å². The number of nitrogens with zero attached hydrogens (tertiary/aromatic N) is 2. The topological polar surface area (TPSA) is 67.8 Å². The number of rotatable bonds is 11. The monoisotopic (exact) mass is 512 g/mol. The van der Waals surface area contributed by atoms with E-state index < -0.39 is 0 Å². The van der Waals surface area contributed by atoms with Crippen LogP contribution in [0.15, 0.2) is 53.7 Å². The molecule has 0 aliphatic heterocycles. The second-order valence-electron chi connectivity index (χ2n) is 6.92. The Bertz CT molecular complexity index is 711. The zero-order chi connectivity index (χ0) is 20.0. The van der Waals surface area contributed by atoms with Crippen molar-refractivity contribution in [2.75, 3.05) is 26.8 Å². The van der Waals surface area contributed by atoms with E-state index in [9.17, 15) is 0 Å². The third-order valence-corrected chi connectivity index (χ3v) is 4.09. The summed E-state index contributed by atoms with van der Waals surface area (Å²) in [5, 5.41) is 6.55. The summed E-state index contributed by atoms with van der Waals surface area (Å²) in [4.78, 5) is 8.52. The van der Waals surface area contributed by atoms with Gasteiger partial charge in [0.15, 0.2) is 5.96 Å². The fourth-order valence-corrected chi connectivity index (χ4v) is 2.44. The first kappa shape index (κ1) is 25.2. The Labute approximate surface area is 191 Å². The van der Waals surface area contributed by atoms with Crippen molar-refractivity contribution in [1.82, 2.24) is 15.6 Å². The molecule has 0 bridgehead atoms. The molecule has 160 valence electrons. The maximum atomic E-state index is 5.78. The Morgan fingerprint density at radius 2 is 1.86 bits per heavy atom. The summed E-state index contributed by atoms with van der Waals surface area (Å²) in [5.74, 6) is 2.03. The number of hydrogen-bond acceptors (Lipinski definition) is 4. The minimum atomic E-state index is 0. The molecule has 0 spiro atoms. The van der Waals surface area contributed by atoms with Crippen molar-refractivity contribution in [3.63, 3.8) is 0 Å². The molecule has 7 heteroatoms. The molecule has 1 aromatic heterocycles. The highest BCUT2D eigenvalue weighted by molar-refractivity contribution is 14.0. The van der Waals surface area contributed by atoms with Crippen molar-refractivity contribution in [2.45, 2.75) is 33.4 Å². The second kappa shape index (κ2) is 15.0. The van der Waals surface area contributed by atoms with Gasteiger partial charge in [-0.25, -0.2) is 4.98 Å². The standard InChI is InChI=1S/C22H32N4O2.HI/c1-18(2)10-13-27-14-12-25-22(23-3)26-16-20-9-11-24-21(15-20)28-17-19-7-5-4-6-8-19;/h4-9,11,15,18H,10,12-14,16-17H2,1-3H3,(H2,23,25,26);1H. The summed E-state index contributed by atoms with van der Waals surface area (Å²) in [7, 11) is 1.76. The van der Waals surface area contributed by atoms with E-state index in [0.29, 0.717) is 31.6 Å². The average molecular weight is 512 g/mol. The lowest BCUT2D eigenvalue weighted by Gasteiger charge is -2.13. The van der Waals surface area contributed by atoms with Crippen molar-refractivity contribution in [3.8, 4) is 5.88 Å². The Morgan fingerprint density at radius 3 is 2.59 bits per heavy atom. The normalized spacial score (nSPS) is 11.1. The number of aromatic nitrogens is 1. The highest BCUT2D eigenvalue weighted by Gasteiger charge is 2.02. The third kappa shape index (κ3) is 11.0. The van der Waals surface area contributed by atoms with Gasteiger partial charge in [-0.3, -0.25) is 4.99 Å². The minimum absolute atomic E-state index is 0. The molecule has 1 heterocycles. The Hall–Kier alpha value is -1.87. The fraction of sp³-hybridized carbons (Fsp3) is 0.455. The van der Waals surface area contributed by atoms with Gasteiger partial charge in [0, 0.05) is 39.0 Å². The number of guanidine groups is 1. The lowest BCUT2D eigenvalue weighted by molar-refractivity contribution is 0.128. The lowest BCUT2D eigenvalue weighted by Crippen LogP contribution is -2.38. The van der Waals surface area contributed by atoms with Gasteiger partial charge in [0.25, 0.3) is 0 Å². The first-order chi connectivity index (χ1) is 13.7. The molecule has 6 nitrogen and oxygen atoms in total. The average Bonchev–Trinajstić information content (AvgIpc) is 2.72. The molecule has 0 radical (unpaired) electrons. The van der Waals surface area contributed by atoms with Crippen molar-refractivity contribution < 1.29 is 9.47 Å². The van der Waals surface area contributed by atoms with Crippen LogP contribution in [0.2, 0.25) is 0 Å². The molecule has 0 unspecified atom stereocenters. The molecule has 1 aromatic carbocycles. The molecule has 0 saturated heterocycles. The van der Waals surface area contributed by atoms with E-state index in [0.717, 1.165) is 36.7 Å². The summed E-state index contributed by atoms with van der Waals surface area (Å²) in [6.07, 6.45) is 2.85. The number of aliphatic imine (C=N–C) groups is 1. The van der Waals surface area contributed by atoms with Crippen LogP contribution >= 0.6 is 24.0 Å². The molecule has 0 saturated carbocycles. The molecule has 0 amide bonds.